The second-order valence-corrected chi connectivity index (χ2v) is 7.97. The summed E-state index contributed by atoms with van der Waals surface area (Å²) in [6.07, 6.45) is 1.36. The van der Waals surface area contributed by atoms with Crippen molar-refractivity contribution in [3.63, 3.8) is 0 Å². The van der Waals surface area contributed by atoms with E-state index in [1.807, 2.05) is 26.0 Å². The van der Waals surface area contributed by atoms with Gasteiger partial charge in [0.15, 0.2) is 18.1 Å². The van der Waals surface area contributed by atoms with Crippen molar-refractivity contribution in [1.82, 2.24) is 10.7 Å². The van der Waals surface area contributed by atoms with Gasteiger partial charge in [0.05, 0.1) is 13.3 Å². The first-order chi connectivity index (χ1) is 15.3. The molecule has 0 atom stereocenters. The van der Waals surface area contributed by atoms with E-state index in [2.05, 4.69) is 37.1 Å². The first kappa shape index (κ1) is 24.9. The van der Waals surface area contributed by atoms with Crippen LogP contribution in [-0.2, 0) is 14.4 Å². The highest BCUT2D eigenvalue weighted by atomic mass is 79.9. The van der Waals surface area contributed by atoms with E-state index in [-0.39, 0.29) is 18.4 Å². The van der Waals surface area contributed by atoms with E-state index in [9.17, 15) is 14.4 Å². The highest BCUT2D eigenvalue weighted by molar-refractivity contribution is 9.10. The van der Waals surface area contributed by atoms with Crippen LogP contribution < -0.4 is 25.5 Å². The highest BCUT2D eigenvalue weighted by Crippen LogP contribution is 2.27. The Labute approximate surface area is 194 Å². The summed E-state index contributed by atoms with van der Waals surface area (Å²) in [6.45, 7) is 4.04. The van der Waals surface area contributed by atoms with Crippen LogP contribution in [0.15, 0.2) is 52.0 Å². The molecule has 0 aliphatic rings. The van der Waals surface area contributed by atoms with Crippen LogP contribution in [0.2, 0.25) is 0 Å². The molecule has 3 N–H and O–H groups in total. The van der Waals surface area contributed by atoms with Crippen LogP contribution in [0.4, 0.5) is 5.69 Å². The Morgan fingerprint density at radius 2 is 1.78 bits per heavy atom. The maximum absolute atomic E-state index is 12.1. The SMILES string of the molecule is COc1cc(/C=N\NC(=O)C(=O)NCC(C)C)ccc1OCC(=O)Nc1ccc(Br)cc1. The van der Waals surface area contributed by atoms with Gasteiger partial charge in [-0.25, -0.2) is 5.43 Å². The second-order valence-electron chi connectivity index (χ2n) is 7.06. The van der Waals surface area contributed by atoms with Crippen LogP contribution in [0.25, 0.3) is 0 Å². The monoisotopic (exact) mass is 504 g/mol. The molecular weight excluding hydrogens is 480 g/mol. The lowest BCUT2D eigenvalue weighted by Gasteiger charge is -2.11. The molecule has 2 aromatic carbocycles. The normalized spacial score (nSPS) is 10.7. The van der Waals surface area contributed by atoms with Gasteiger partial charge in [-0.3, -0.25) is 14.4 Å². The van der Waals surface area contributed by atoms with Crippen molar-refractivity contribution >= 4 is 45.6 Å². The molecule has 0 aliphatic heterocycles. The number of methoxy groups -OCH3 is 1. The number of nitrogens with one attached hydrogen (secondary N) is 3. The molecule has 0 radical (unpaired) electrons. The van der Waals surface area contributed by atoms with E-state index >= 15 is 0 Å². The van der Waals surface area contributed by atoms with Crippen LogP contribution in [0.1, 0.15) is 19.4 Å². The molecule has 0 saturated heterocycles. The number of carbonyl (C=O) groups excluding carboxylic acids is 3. The average Bonchev–Trinajstić information content (AvgIpc) is 2.77. The van der Waals surface area contributed by atoms with Crippen molar-refractivity contribution < 1.29 is 23.9 Å². The Hall–Kier alpha value is -3.40. The molecule has 0 heterocycles. The summed E-state index contributed by atoms with van der Waals surface area (Å²) in [7, 11) is 1.46. The van der Waals surface area contributed by atoms with Gasteiger partial charge in [0.2, 0.25) is 0 Å². The third-order valence-electron chi connectivity index (χ3n) is 3.93. The number of hydrogen-bond donors (Lipinski definition) is 3. The maximum atomic E-state index is 12.1. The standard InChI is InChI=1S/C22H25BrN4O5/c1-14(2)11-24-21(29)22(30)27-25-12-15-4-9-18(19(10-15)31-3)32-13-20(28)26-17-7-5-16(23)6-8-17/h4-10,12,14H,11,13H2,1-3H3,(H,24,29)(H,26,28)(H,27,30)/b25-12-. The van der Waals surface area contributed by atoms with E-state index in [1.165, 1.54) is 13.3 Å². The zero-order valence-electron chi connectivity index (χ0n) is 18.0. The van der Waals surface area contributed by atoms with Crippen molar-refractivity contribution in [3.05, 3.63) is 52.5 Å². The third kappa shape index (κ3) is 8.38. The Morgan fingerprint density at radius 1 is 1.06 bits per heavy atom. The predicted molar refractivity (Wildman–Crippen MR) is 125 cm³/mol. The number of amides is 3. The maximum Gasteiger partial charge on any atom is 0.329 e. The molecule has 0 spiro atoms. The van der Waals surface area contributed by atoms with Crippen LogP contribution in [0, 0.1) is 5.92 Å². The van der Waals surface area contributed by atoms with Gasteiger partial charge in [-0.2, -0.15) is 5.10 Å². The van der Waals surface area contributed by atoms with E-state index < -0.39 is 11.8 Å². The minimum atomic E-state index is -0.856. The lowest BCUT2D eigenvalue weighted by molar-refractivity contribution is -0.139. The van der Waals surface area contributed by atoms with E-state index in [1.54, 1.807) is 30.3 Å². The number of anilines is 1. The smallest absolute Gasteiger partial charge is 0.329 e. The summed E-state index contributed by atoms with van der Waals surface area (Å²) in [4.78, 5) is 35.4. The number of benzene rings is 2. The molecule has 170 valence electrons. The van der Waals surface area contributed by atoms with Gasteiger partial charge >= 0.3 is 11.8 Å². The number of hydrogen-bond acceptors (Lipinski definition) is 6. The molecule has 0 aliphatic carbocycles. The molecule has 32 heavy (non-hydrogen) atoms. The van der Waals surface area contributed by atoms with Gasteiger partial charge in [0.1, 0.15) is 0 Å². The predicted octanol–water partition coefficient (Wildman–Crippen LogP) is 2.70. The molecule has 2 rings (SSSR count). The molecule has 0 aromatic heterocycles. The van der Waals surface area contributed by atoms with Gasteiger partial charge in [0, 0.05) is 16.7 Å². The lowest BCUT2D eigenvalue weighted by atomic mass is 10.2. The van der Waals surface area contributed by atoms with Gasteiger partial charge in [-0.1, -0.05) is 29.8 Å². The third-order valence-corrected chi connectivity index (χ3v) is 4.46. The summed E-state index contributed by atoms with van der Waals surface area (Å²) < 4.78 is 11.8. The Bertz CT molecular complexity index is 977. The van der Waals surface area contributed by atoms with Crippen molar-refractivity contribution in [2.45, 2.75) is 13.8 Å². The van der Waals surface area contributed by atoms with Gasteiger partial charge in [0.25, 0.3) is 5.91 Å². The highest BCUT2D eigenvalue weighted by Gasteiger charge is 2.12. The number of ether oxygens (including phenoxy) is 2. The summed E-state index contributed by atoms with van der Waals surface area (Å²) >= 11 is 3.34. The average molecular weight is 505 g/mol. The first-order valence-electron chi connectivity index (χ1n) is 9.76. The Kier molecular flexibility index (Phi) is 9.68. The molecule has 9 nitrogen and oxygen atoms in total. The van der Waals surface area contributed by atoms with Gasteiger partial charge < -0.3 is 20.1 Å². The van der Waals surface area contributed by atoms with E-state index in [0.29, 0.717) is 29.3 Å². The number of carbonyl (C=O) groups is 3. The fraction of sp³-hybridized carbons (Fsp3) is 0.273. The second kappa shape index (κ2) is 12.5. The van der Waals surface area contributed by atoms with Crippen molar-refractivity contribution in [2.24, 2.45) is 11.0 Å². The largest absolute Gasteiger partial charge is 0.493 e. The minimum Gasteiger partial charge on any atom is -0.493 e. The summed E-state index contributed by atoms with van der Waals surface area (Å²) in [5.41, 5.74) is 3.41. The van der Waals surface area contributed by atoms with Crippen molar-refractivity contribution in [2.75, 3.05) is 25.6 Å². The summed E-state index contributed by atoms with van der Waals surface area (Å²) in [5, 5.41) is 9.00. The van der Waals surface area contributed by atoms with E-state index in [4.69, 9.17) is 9.47 Å². The van der Waals surface area contributed by atoms with Crippen LogP contribution in [0.5, 0.6) is 11.5 Å². The molecule has 2 aromatic rings. The fourth-order valence-electron chi connectivity index (χ4n) is 2.35. The molecule has 0 bridgehead atoms. The number of hydrazone groups is 1. The summed E-state index contributed by atoms with van der Waals surface area (Å²) in [6, 6.07) is 12.1. The Balaban J connectivity index is 1.89. The van der Waals surface area contributed by atoms with E-state index in [0.717, 1.165) is 4.47 Å². The molecule has 10 heteroatoms. The molecule has 0 saturated carbocycles. The van der Waals surface area contributed by atoms with Crippen LogP contribution in [-0.4, -0.2) is 44.2 Å². The number of halogens is 1. The van der Waals surface area contributed by atoms with Crippen LogP contribution >= 0.6 is 15.9 Å². The molecule has 0 unspecified atom stereocenters. The Morgan fingerprint density at radius 3 is 2.44 bits per heavy atom. The molecular formula is C22H25BrN4O5. The van der Waals surface area contributed by atoms with Crippen molar-refractivity contribution in [3.8, 4) is 11.5 Å². The minimum absolute atomic E-state index is 0.207. The molecule has 3 amide bonds. The number of rotatable bonds is 9. The number of nitrogens with zero attached hydrogens (tertiary/aromatic N) is 1. The lowest BCUT2D eigenvalue weighted by Crippen LogP contribution is -2.39. The first-order valence-corrected chi connectivity index (χ1v) is 10.5. The van der Waals surface area contributed by atoms with Crippen molar-refractivity contribution in [1.29, 1.82) is 0 Å². The van der Waals surface area contributed by atoms with Crippen LogP contribution in [0.3, 0.4) is 0 Å². The zero-order valence-corrected chi connectivity index (χ0v) is 19.6. The quantitative estimate of drug-likeness (QED) is 0.275. The molecule has 0 fully saturated rings. The fourth-order valence-corrected chi connectivity index (χ4v) is 2.61. The topological polar surface area (TPSA) is 118 Å². The van der Waals surface area contributed by atoms with Gasteiger partial charge in [-0.05, 0) is 53.9 Å². The zero-order chi connectivity index (χ0) is 23.5. The van der Waals surface area contributed by atoms with Gasteiger partial charge in [-0.15, -0.1) is 0 Å². The summed E-state index contributed by atoms with van der Waals surface area (Å²) in [5.74, 6) is -0.947.